The van der Waals surface area contributed by atoms with E-state index in [1.54, 1.807) is 6.26 Å². The van der Waals surface area contributed by atoms with Crippen molar-refractivity contribution in [1.29, 1.82) is 0 Å². The number of hydrogen-bond acceptors (Lipinski definition) is 4. The highest BCUT2D eigenvalue weighted by Crippen LogP contribution is 2.19. The Bertz CT molecular complexity index is 271. The molecule has 106 valence electrons. The molecule has 1 saturated carbocycles. The highest BCUT2D eigenvalue weighted by molar-refractivity contribution is 7.88. The largest absolute Gasteiger partial charge is 0.598 e. The van der Waals surface area contributed by atoms with Crippen LogP contribution >= 0.6 is 0 Å². The fraction of sp³-hybridized carbons (Fsp3) is 0.917. The lowest BCUT2D eigenvalue weighted by Gasteiger charge is -2.29. The molecule has 1 unspecified atom stereocenters. The normalized spacial score (nSPS) is 26.5. The number of nitrogens with one attached hydrogen (secondary N) is 2. The number of carbonyl (C=O) groups is 1. The summed E-state index contributed by atoms with van der Waals surface area (Å²) in [7, 11) is 0. The lowest BCUT2D eigenvalue weighted by atomic mass is 9.92. The fourth-order valence-electron chi connectivity index (χ4n) is 2.06. The van der Waals surface area contributed by atoms with Crippen LogP contribution in [-0.2, 0) is 16.1 Å². The Hall–Kier alpha value is -0.460. The maximum absolute atomic E-state index is 11.6. The highest BCUT2D eigenvalue weighted by Gasteiger charge is 2.26. The third kappa shape index (κ3) is 6.47. The van der Waals surface area contributed by atoms with Crippen molar-refractivity contribution in [3.63, 3.8) is 0 Å². The number of hydrogen-bond donors (Lipinski definition) is 2. The van der Waals surface area contributed by atoms with Crippen LogP contribution in [0.4, 0.5) is 4.79 Å². The lowest BCUT2D eigenvalue weighted by molar-refractivity contribution is 0.0490. The van der Waals surface area contributed by atoms with Gasteiger partial charge in [0.05, 0.1) is 6.04 Å². The van der Waals surface area contributed by atoms with Crippen molar-refractivity contribution >= 4 is 17.5 Å². The summed E-state index contributed by atoms with van der Waals surface area (Å²) in [5.41, 5.74) is -0.456. The molecule has 1 fully saturated rings. The molecule has 0 spiro atoms. The van der Waals surface area contributed by atoms with Gasteiger partial charge in [-0.15, -0.1) is 4.72 Å². The van der Waals surface area contributed by atoms with Crippen molar-refractivity contribution in [3.8, 4) is 0 Å². The minimum Gasteiger partial charge on any atom is -0.598 e. The lowest BCUT2D eigenvalue weighted by Crippen LogP contribution is -2.44. The minimum atomic E-state index is -0.961. The second kappa shape index (κ2) is 6.63. The van der Waals surface area contributed by atoms with Crippen LogP contribution in [0.2, 0.25) is 0 Å². The van der Waals surface area contributed by atoms with Gasteiger partial charge in [0.25, 0.3) is 0 Å². The smallest absolute Gasteiger partial charge is 0.407 e. The molecule has 0 aromatic heterocycles. The van der Waals surface area contributed by atoms with Crippen molar-refractivity contribution in [2.24, 2.45) is 0 Å². The van der Waals surface area contributed by atoms with Gasteiger partial charge in [-0.3, -0.25) is 0 Å². The summed E-state index contributed by atoms with van der Waals surface area (Å²) >= 11 is -0.961. The molecule has 18 heavy (non-hydrogen) atoms. The van der Waals surface area contributed by atoms with Crippen molar-refractivity contribution in [2.45, 2.75) is 64.1 Å². The topological polar surface area (TPSA) is 73.4 Å². The molecule has 0 aromatic carbocycles. The van der Waals surface area contributed by atoms with Crippen LogP contribution in [0.1, 0.15) is 46.5 Å². The van der Waals surface area contributed by atoms with Gasteiger partial charge in [-0.1, -0.05) is 0 Å². The molecular weight excluding hydrogens is 252 g/mol. The maximum Gasteiger partial charge on any atom is 0.407 e. The van der Waals surface area contributed by atoms with Crippen LogP contribution < -0.4 is 10.0 Å². The summed E-state index contributed by atoms with van der Waals surface area (Å²) in [5, 5.41) is 2.88. The van der Waals surface area contributed by atoms with E-state index in [-0.39, 0.29) is 12.1 Å². The highest BCUT2D eigenvalue weighted by atomic mass is 32.2. The molecule has 0 saturated heterocycles. The Morgan fingerprint density at radius 2 is 1.72 bits per heavy atom. The van der Waals surface area contributed by atoms with E-state index in [1.807, 2.05) is 20.8 Å². The van der Waals surface area contributed by atoms with Crippen molar-refractivity contribution in [3.05, 3.63) is 0 Å². The molecule has 2 N–H and O–H groups in total. The molecule has 0 heterocycles. The molecule has 6 heteroatoms. The summed E-state index contributed by atoms with van der Waals surface area (Å²) in [6.45, 7) is 5.55. The molecule has 0 aromatic rings. The SMILES string of the molecule is C[S+]([O-])N[C@H]1CC[C@H](NC(=O)OC(C)(C)C)CC1. The molecule has 0 bridgehead atoms. The molecule has 0 radical (unpaired) electrons. The van der Waals surface area contributed by atoms with Gasteiger partial charge in [-0.2, -0.15) is 0 Å². The number of amides is 1. The molecule has 1 aliphatic carbocycles. The van der Waals surface area contributed by atoms with E-state index in [9.17, 15) is 9.35 Å². The second-order valence-electron chi connectivity index (χ2n) is 5.77. The van der Waals surface area contributed by atoms with E-state index < -0.39 is 17.0 Å². The molecule has 0 aliphatic heterocycles. The van der Waals surface area contributed by atoms with Gasteiger partial charge in [0.1, 0.15) is 11.9 Å². The number of ether oxygens (including phenoxy) is 1. The predicted octanol–water partition coefficient (Wildman–Crippen LogP) is 1.71. The molecule has 5 nitrogen and oxygen atoms in total. The van der Waals surface area contributed by atoms with Gasteiger partial charge in [0.2, 0.25) is 0 Å². The zero-order valence-corrected chi connectivity index (χ0v) is 12.4. The first-order valence-corrected chi connectivity index (χ1v) is 7.91. The Balaban J connectivity index is 2.25. The summed E-state index contributed by atoms with van der Waals surface area (Å²) < 4.78 is 19.3. The summed E-state index contributed by atoms with van der Waals surface area (Å²) in [5.74, 6) is 0. The Morgan fingerprint density at radius 1 is 1.22 bits per heavy atom. The van der Waals surface area contributed by atoms with Gasteiger partial charge in [-0.25, -0.2) is 4.79 Å². The molecule has 1 aliphatic rings. The average Bonchev–Trinajstić information content (AvgIpc) is 2.17. The summed E-state index contributed by atoms with van der Waals surface area (Å²) in [4.78, 5) is 11.6. The van der Waals surface area contributed by atoms with Crippen LogP contribution in [0.5, 0.6) is 0 Å². The standard InChI is InChI=1S/C12H24N2O3S/c1-12(2,3)17-11(15)13-9-5-7-10(8-6-9)14-18(4)16/h9-10,14H,5-8H2,1-4H3,(H,13,15)/t9-,10-,18?. The van der Waals surface area contributed by atoms with E-state index in [4.69, 9.17) is 4.74 Å². The summed E-state index contributed by atoms with van der Waals surface area (Å²) in [6.07, 6.45) is 4.95. The van der Waals surface area contributed by atoms with Gasteiger partial charge in [0, 0.05) is 17.4 Å². The monoisotopic (exact) mass is 276 g/mol. The van der Waals surface area contributed by atoms with Crippen LogP contribution in [-0.4, -0.2) is 34.6 Å². The van der Waals surface area contributed by atoms with Gasteiger partial charge in [0.15, 0.2) is 0 Å². The van der Waals surface area contributed by atoms with Gasteiger partial charge >= 0.3 is 6.09 Å². The van der Waals surface area contributed by atoms with E-state index in [0.29, 0.717) is 6.04 Å². The van der Waals surface area contributed by atoms with E-state index >= 15 is 0 Å². The third-order valence-electron chi connectivity index (χ3n) is 2.78. The Labute approximate surface area is 112 Å². The predicted molar refractivity (Wildman–Crippen MR) is 72.6 cm³/mol. The third-order valence-corrected chi connectivity index (χ3v) is 3.45. The van der Waals surface area contributed by atoms with Gasteiger partial charge < -0.3 is 14.6 Å². The van der Waals surface area contributed by atoms with Crippen molar-refractivity contribution in [2.75, 3.05) is 6.26 Å². The van der Waals surface area contributed by atoms with E-state index in [2.05, 4.69) is 10.0 Å². The Morgan fingerprint density at radius 3 is 2.17 bits per heavy atom. The first kappa shape index (κ1) is 15.6. The molecule has 1 amide bonds. The minimum absolute atomic E-state index is 0.170. The zero-order chi connectivity index (χ0) is 13.8. The first-order chi connectivity index (χ1) is 8.26. The number of alkyl carbamates (subject to hydrolysis) is 1. The summed E-state index contributed by atoms with van der Waals surface area (Å²) in [6, 6.07) is 0.468. The van der Waals surface area contributed by atoms with Crippen molar-refractivity contribution < 1.29 is 14.1 Å². The van der Waals surface area contributed by atoms with Crippen LogP contribution in [0.15, 0.2) is 0 Å². The van der Waals surface area contributed by atoms with Crippen LogP contribution in [0.3, 0.4) is 0 Å². The number of carbonyl (C=O) groups excluding carboxylic acids is 1. The van der Waals surface area contributed by atoms with Crippen LogP contribution in [0.25, 0.3) is 0 Å². The average molecular weight is 276 g/mol. The zero-order valence-electron chi connectivity index (χ0n) is 11.6. The maximum atomic E-state index is 11.6. The molecular formula is C12H24N2O3S. The van der Waals surface area contributed by atoms with Gasteiger partial charge in [-0.05, 0) is 46.5 Å². The van der Waals surface area contributed by atoms with Crippen LogP contribution in [0, 0.1) is 0 Å². The van der Waals surface area contributed by atoms with E-state index in [1.165, 1.54) is 0 Å². The Kier molecular flexibility index (Phi) is 5.75. The fourth-order valence-corrected chi connectivity index (χ4v) is 2.77. The van der Waals surface area contributed by atoms with Crippen molar-refractivity contribution in [1.82, 2.24) is 10.0 Å². The number of rotatable bonds is 3. The second-order valence-corrected chi connectivity index (χ2v) is 6.91. The first-order valence-electron chi connectivity index (χ1n) is 6.35. The molecule has 1 atom stereocenters. The molecule has 1 rings (SSSR count). The van der Waals surface area contributed by atoms with E-state index in [0.717, 1.165) is 25.7 Å². The quantitative estimate of drug-likeness (QED) is 0.770.